The van der Waals surface area contributed by atoms with Gasteiger partial charge in [0.05, 0.1) is 0 Å². The van der Waals surface area contributed by atoms with Gasteiger partial charge in [-0.05, 0) is 54.5 Å². The van der Waals surface area contributed by atoms with Crippen molar-refractivity contribution in [1.29, 1.82) is 0 Å². The Kier molecular flexibility index (Phi) is 2.99. The number of amides is 1. The van der Waals surface area contributed by atoms with E-state index in [1.165, 1.54) is 11.1 Å². The van der Waals surface area contributed by atoms with Crippen LogP contribution >= 0.6 is 0 Å². The molecule has 0 saturated heterocycles. The number of nitrogens with zero attached hydrogens (tertiary/aromatic N) is 2. The second kappa shape index (κ2) is 4.80. The number of hydrogen-bond acceptors (Lipinski definition) is 3. The predicted molar refractivity (Wildman–Crippen MR) is 73.0 cm³/mol. The first-order valence-electron chi connectivity index (χ1n) is 6.37. The van der Waals surface area contributed by atoms with Gasteiger partial charge in [-0.1, -0.05) is 6.07 Å². The van der Waals surface area contributed by atoms with Crippen LogP contribution in [0.25, 0.3) is 0 Å². The predicted octanol–water partition coefficient (Wildman–Crippen LogP) is 2.24. The molecule has 1 unspecified atom stereocenters. The topological polar surface area (TPSA) is 54.9 Å². The molecule has 0 aliphatic heterocycles. The van der Waals surface area contributed by atoms with Gasteiger partial charge in [-0.15, -0.1) is 0 Å². The quantitative estimate of drug-likeness (QED) is 0.853. The third kappa shape index (κ3) is 2.21. The van der Waals surface area contributed by atoms with Crippen LogP contribution in [0.15, 0.2) is 30.6 Å². The van der Waals surface area contributed by atoms with Crippen molar-refractivity contribution in [3.05, 3.63) is 53.0 Å². The molecule has 2 heterocycles. The molecule has 1 amide bonds. The zero-order valence-corrected chi connectivity index (χ0v) is 10.8. The van der Waals surface area contributed by atoms with Crippen molar-refractivity contribution in [2.24, 2.45) is 0 Å². The Morgan fingerprint density at radius 1 is 1.32 bits per heavy atom. The Labute approximate surface area is 111 Å². The van der Waals surface area contributed by atoms with Crippen LogP contribution in [-0.4, -0.2) is 16.4 Å². The molecule has 2 aromatic rings. The van der Waals surface area contributed by atoms with Crippen LogP contribution in [-0.2, 0) is 17.6 Å². The number of pyridine rings is 2. The van der Waals surface area contributed by atoms with Crippen molar-refractivity contribution in [2.75, 3.05) is 5.32 Å². The lowest BCUT2D eigenvalue weighted by Gasteiger charge is -2.12. The number of carbonyl (C=O) groups is 1. The minimum absolute atomic E-state index is 0.370. The van der Waals surface area contributed by atoms with Crippen molar-refractivity contribution < 1.29 is 4.79 Å². The summed E-state index contributed by atoms with van der Waals surface area (Å²) < 4.78 is 0. The van der Waals surface area contributed by atoms with Crippen LogP contribution in [0.4, 0.5) is 5.82 Å². The largest absolute Gasteiger partial charge is 0.313 e. The average Bonchev–Trinajstić information content (AvgIpc) is 2.82. The SMILES string of the molecule is Cc1cc2c(cn1)CC(c1cccnc1NC=O)C2. The van der Waals surface area contributed by atoms with E-state index in [-0.39, 0.29) is 0 Å². The van der Waals surface area contributed by atoms with Gasteiger partial charge in [-0.3, -0.25) is 9.78 Å². The van der Waals surface area contributed by atoms with Gasteiger partial charge in [0.1, 0.15) is 5.82 Å². The Bertz CT molecular complexity index is 625. The molecule has 0 fully saturated rings. The molecule has 19 heavy (non-hydrogen) atoms. The highest BCUT2D eigenvalue weighted by molar-refractivity contribution is 5.71. The van der Waals surface area contributed by atoms with E-state index in [9.17, 15) is 4.79 Å². The number of aryl methyl sites for hydroxylation is 1. The highest BCUT2D eigenvalue weighted by atomic mass is 16.1. The van der Waals surface area contributed by atoms with E-state index >= 15 is 0 Å². The molecule has 4 nitrogen and oxygen atoms in total. The molecule has 0 spiro atoms. The maximum absolute atomic E-state index is 10.6. The summed E-state index contributed by atoms with van der Waals surface area (Å²) in [6.45, 7) is 2.01. The van der Waals surface area contributed by atoms with E-state index in [0.717, 1.165) is 24.1 Å². The Balaban J connectivity index is 1.92. The first-order chi connectivity index (χ1) is 9.28. The zero-order chi connectivity index (χ0) is 13.2. The van der Waals surface area contributed by atoms with Crippen LogP contribution in [0.2, 0.25) is 0 Å². The summed E-state index contributed by atoms with van der Waals surface area (Å²) in [5.41, 5.74) is 4.81. The summed E-state index contributed by atoms with van der Waals surface area (Å²) in [4.78, 5) is 19.2. The van der Waals surface area contributed by atoms with Crippen molar-refractivity contribution in [3.8, 4) is 0 Å². The molecule has 0 radical (unpaired) electrons. The maximum atomic E-state index is 10.6. The minimum Gasteiger partial charge on any atom is -0.313 e. The lowest BCUT2D eigenvalue weighted by molar-refractivity contribution is -0.105. The van der Waals surface area contributed by atoms with Crippen LogP contribution in [0.1, 0.15) is 28.3 Å². The van der Waals surface area contributed by atoms with E-state index < -0.39 is 0 Å². The molecule has 1 aliphatic rings. The average molecular weight is 253 g/mol. The summed E-state index contributed by atoms with van der Waals surface area (Å²) in [5.74, 6) is 1.04. The third-order valence-electron chi connectivity index (χ3n) is 3.63. The third-order valence-corrected chi connectivity index (χ3v) is 3.63. The molecule has 0 saturated carbocycles. The van der Waals surface area contributed by atoms with Crippen molar-refractivity contribution in [3.63, 3.8) is 0 Å². The van der Waals surface area contributed by atoms with Crippen molar-refractivity contribution >= 4 is 12.2 Å². The monoisotopic (exact) mass is 253 g/mol. The lowest BCUT2D eigenvalue weighted by atomic mass is 9.97. The Morgan fingerprint density at radius 3 is 3.00 bits per heavy atom. The van der Waals surface area contributed by atoms with Crippen LogP contribution < -0.4 is 5.32 Å². The van der Waals surface area contributed by atoms with E-state index in [2.05, 4.69) is 21.4 Å². The van der Waals surface area contributed by atoms with E-state index in [1.807, 2.05) is 25.3 Å². The standard InChI is InChI=1S/C15H15N3O/c1-10-5-11-6-12(7-13(11)8-17-10)14-3-2-4-16-15(14)18-9-19/h2-5,8-9,12H,6-7H2,1H3,(H,16,18,19). The number of carbonyl (C=O) groups excluding carboxylic acids is 1. The number of anilines is 1. The van der Waals surface area contributed by atoms with Crippen molar-refractivity contribution in [2.45, 2.75) is 25.7 Å². The Hall–Kier alpha value is -2.23. The van der Waals surface area contributed by atoms with Gasteiger partial charge in [0.15, 0.2) is 0 Å². The summed E-state index contributed by atoms with van der Waals surface area (Å²) in [7, 11) is 0. The first kappa shape index (κ1) is 11.8. The van der Waals surface area contributed by atoms with E-state index in [4.69, 9.17) is 0 Å². The first-order valence-corrected chi connectivity index (χ1v) is 6.37. The highest BCUT2D eigenvalue weighted by Crippen LogP contribution is 2.36. The normalized spacial score (nSPS) is 17.0. The van der Waals surface area contributed by atoms with E-state index in [1.54, 1.807) is 6.20 Å². The number of hydrogen-bond donors (Lipinski definition) is 1. The number of rotatable bonds is 3. The molecule has 0 aromatic carbocycles. The molecule has 96 valence electrons. The molecule has 1 N–H and O–H groups in total. The van der Waals surface area contributed by atoms with Gasteiger partial charge in [0.25, 0.3) is 0 Å². The molecule has 4 heteroatoms. The second-order valence-electron chi connectivity index (χ2n) is 4.90. The molecule has 1 aliphatic carbocycles. The molecule has 3 rings (SSSR count). The Morgan fingerprint density at radius 2 is 2.16 bits per heavy atom. The minimum atomic E-state index is 0.370. The van der Waals surface area contributed by atoms with Gasteiger partial charge in [-0.25, -0.2) is 4.98 Å². The summed E-state index contributed by atoms with van der Waals surface area (Å²) in [6, 6.07) is 6.10. The zero-order valence-electron chi connectivity index (χ0n) is 10.8. The van der Waals surface area contributed by atoms with Gasteiger partial charge >= 0.3 is 0 Å². The fraction of sp³-hybridized carbons (Fsp3) is 0.267. The van der Waals surface area contributed by atoms with Crippen LogP contribution in [0.5, 0.6) is 0 Å². The number of fused-ring (bicyclic) bond motifs is 1. The molecule has 2 aromatic heterocycles. The van der Waals surface area contributed by atoms with Gasteiger partial charge < -0.3 is 5.32 Å². The summed E-state index contributed by atoms with van der Waals surface area (Å²) >= 11 is 0. The van der Waals surface area contributed by atoms with Gasteiger partial charge in [0.2, 0.25) is 6.41 Å². The number of nitrogens with one attached hydrogen (secondary N) is 1. The molecular formula is C15H15N3O. The van der Waals surface area contributed by atoms with Gasteiger partial charge in [0, 0.05) is 18.1 Å². The number of aromatic nitrogens is 2. The van der Waals surface area contributed by atoms with Crippen LogP contribution in [0, 0.1) is 6.92 Å². The maximum Gasteiger partial charge on any atom is 0.212 e. The van der Waals surface area contributed by atoms with E-state index in [0.29, 0.717) is 18.1 Å². The van der Waals surface area contributed by atoms with Crippen molar-refractivity contribution in [1.82, 2.24) is 9.97 Å². The molecule has 0 bridgehead atoms. The van der Waals surface area contributed by atoms with Gasteiger partial charge in [-0.2, -0.15) is 0 Å². The smallest absolute Gasteiger partial charge is 0.212 e. The van der Waals surface area contributed by atoms with Crippen LogP contribution in [0.3, 0.4) is 0 Å². The highest BCUT2D eigenvalue weighted by Gasteiger charge is 2.25. The summed E-state index contributed by atoms with van der Waals surface area (Å²) in [6.07, 6.45) is 6.29. The summed E-state index contributed by atoms with van der Waals surface area (Å²) in [5, 5.41) is 2.68. The fourth-order valence-corrected chi connectivity index (χ4v) is 2.77. The second-order valence-corrected chi connectivity index (χ2v) is 4.90. The molecule has 1 atom stereocenters. The molecular weight excluding hydrogens is 238 g/mol. The fourth-order valence-electron chi connectivity index (χ4n) is 2.77. The lowest BCUT2D eigenvalue weighted by Crippen LogP contribution is -2.06.